The molecule has 5 aromatic rings. The second-order valence-electron chi connectivity index (χ2n) is 9.35. The van der Waals surface area contributed by atoms with Crippen LogP contribution in [0.15, 0.2) is 72.8 Å². The van der Waals surface area contributed by atoms with Gasteiger partial charge in [-0.1, -0.05) is 71.8 Å². The lowest BCUT2D eigenvalue weighted by Gasteiger charge is -2.14. The van der Waals surface area contributed by atoms with Crippen LogP contribution in [0, 0.1) is 0 Å². The average molecular weight is 578 g/mol. The minimum absolute atomic E-state index is 0.347. The molecule has 9 heteroatoms. The first-order valence-electron chi connectivity index (χ1n) is 12.8. The topological polar surface area (TPSA) is 52.7 Å². The third-order valence-electron chi connectivity index (χ3n) is 6.95. The summed E-state index contributed by atoms with van der Waals surface area (Å²) in [7, 11) is 1.64. The molecule has 39 heavy (non-hydrogen) atoms. The van der Waals surface area contributed by atoms with Crippen molar-refractivity contribution >= 4 is 51.7 Å². The number of nitrogens with one attached hydrogen (secondary N) is 1. The number of nitrogens with zero attached hydrogens (tertiary/aromatic N) is 3. The fourth-order valence-electron chi connectivity index (χ4n) is 5.18. The van der Waals surface area contributed by atoms with Crippen molar-refractivity contribution in [3.05, 3.63) is 99.9 Å². The third-order valence-corrected chi connectivity index (χ3v) is 7.99. The van der Waals surface area contributed by atoms with E-state index in [1.807, 2.05) is 77.3 Å². The van der Waals surface area contributed by atoms with Gasteiger partial charge in [-0.05, 0) is 61.2 Å². The Bertz CT molecular complexity index is 1680. The highest BCUT2D eigenvalue weighted by molar-refractivity contribution is 7.81. The number of aromatic nitrogens is 3. The minimum Gasteiger partial charge on any atom is -0.495 e. The Kier molecular flexibility index (Phi) is 7.21. The molecule has 0 saturated heterocycles. The van der Waals surface area contributed by atoms with Crippen molar-refractivity contribution < 1.29 is 9.47 Å². The number of ether oxygens (including phenoxy) is 2. The van der Waals surface area contributed by atoms with Crippen molar-refractivity contribution in [1.29, 1.82) is 0 Å². The van der Waals surface area contributed by atoms with Crippen LogP contribution in [0.5, 0.6) is 11.5 Å². The van der Waals surface area contributed by atoms with E-state index < -0.39 is 0 Å². The Morgan fingerprint density at radius 3 is 2.59 bits per heavy atom. The van der Waals surface area contributed by atoms with Crippen LogP contribution in [0.2, 0.25) is 10.0 Å². The van der Waals surface area contributed by atoms with E-state index in [0.29, 0.717) is 27.4 Å². The maximum atomic E-state index is 6.49. The molecule has 0 atom stereocenters. The standard InChI is InChI=1S/C30H26Cl2N4O2S/c1-37-25-13-6-5-12-24(25)33-29(39)28-27(19-14-15-22(31)23(32)17-19)21-11-7-8-16-35-26(34-36(28)30(21)35)18-38-20-9-3-2-4-10-20/h2-6,9-10,12-15,17H,7-8,11,16,18H2,1H3,(H,33,39). The zero-order chi connectivity index (χ0) is 26.9. The van der Waals surface area contributed by atoms with Gasteiger partial charge in [-0.3, -0.25) is 0 Å². The van der Waals surface area contributed by atoms with E-state index >= 15 is 0 Å². The van der Waals surface area contributed by atoms with E-state index in [0.717, 1.165) is 65.5 Å². The highest BCUT2D eigenvalue weighted by Gasteiger charge is 2.29. The van der Waals surface area contributed by atoms with Crippen LogP contribution < -0.4 is 14.8 Å². The molecule has 0 unspecified atom stereocenters. The van der Waals surface area contributed by atoms with Crippen molar-refractivity contribution in [3.8, 4) is 22.6 Å². The summed E-state index contributed by atoms with van der Waals surface area (Å²) in [5.41, 5.74) is 5.74. The maximum Gasteiger partial charge on any atom is 0.169 e. The first-order valence-corrected chi connectivity index (χ1v) is 13.9. The van der Waals surface area contributed by atoms with Crippen molar-refractivity contribution in [2.24, 2.45) is 0 Å². The van der Waals surface area contributed by atoms with Crippen molar-refractivity contribution in [1.82, 2.24) is 14.2 Å². The number of halogens is 2. The van der Waals surface area contributed by atoms with Crippen LogP contribution in [0.1, 0.15) is 29.9 Å². The molecule has 1 aliphatic heterocycles. The van der Waals surface area contributed by atoms with Gasteiger partial charge in [0.25, 0.3) is 0 Å². The first kappa shape index (κ1) is 25.7. The Morgan fingerprint density at radius 1 is 1.00 bits per heavy atom. The molecule has 3 aromatic carbocycles. The lowest BCUT2D eigenvalue weighted by atomic mass is 9.98. The first-order chi connectivity index (χ1) is 19.0. The van der Waals surface area contributed by atoms with E-state index in [9.17, 15) is 0 Å². The summed E-state index contributed by atoms with van der Waals surface area (Å²) in [5, 5.41) is 9.48. The Labute approximate surface area is 242 Å². The monoisotopic (exact) mass is 576 g/mol. The van der Waals surface area contributed by atoms with Gasteiger partial charge >= 0.3 is 0 Å². The lowest BCUT2D eigenvalue weighted by molar-refractivity contribution is 0.288. The number of aryl methyl sites for hydroxylation is 2. The largest absolute Gasteiger partial charge is 0.495 e. The summed E-state index contributed by atoms with van der Waals surface area (Å²) in [6.07, 6.45) is 2.97. The summed E-state index contributed by atoms with van der Waals surface area (Å²) < 4.78 is 15.9. The molecule has 1 N–H and O–H groups in total. The molecule has 198 valence electrons. The number of anilines is 1. The molecule has 1 aliphatic rings. The maximum absolute atomic E-state index is 6.49. The fraction of sp³-hybridized carbons (Fsp3) is 0.200. The second-order valence-corrected chi connectivity index (χ2v) is 10.6. The molecule has 0 radical (unpaired) electrons. The summed E-state index contributed by atoms with van der Waals surface area (Å²) >= 11 is 18.9. The third kappa shape index (κ3) is 4.86. The molecular formula is C30H26Cl2N4O2S. The van der Waals surface area contributed by atoms with Crippen molar-refractivity contribution in [3.63, 3.8) is 0 Å². The molecule has 0 spiro atoms. The molecule has 0 aliphatic carbocycles. The van der Waals surface area contributed by atoms with Crippen molar-refractivity contribution in [2.75, 3.05) is 12.4 Å². The van der Waals surface area contributed by atoms with E-state index in [1.54, 1.807) is 7.11 Å². The highest BCUT2D eigenvalue weighted by atomic mass is 35.5. The van der Waals surface area contributed by atoms with E-state index in [4.69, 9.17) is 50.0 Å². The molecule has 0 amide bonds. The summed E-state index contributed by atoms with van der Waals surface area (Å²) in [5.74, 6) is 2.35. The summed E-state index contributed by atoms with van der Waals surface area (Å²) in [4.78, 5) is 0.530. The number of hydrogen-bond acceptors (Lipinski definition) is 4. The molecule has 0 bridgehead atoms. The smallest absolute Gasteiger partial charge is 0.169 e. The summed E-state index contributed by atoms with van der Waals surface area (Å²) in [6.45, 7) is 1.19. The molecule has 6 rings (SSSR count). The van der Waals surface area contributed by atoms with E-state index in [1.165, 1.54) is 5.56 Å². The van der Waals surface area contributed by atoms with Gasteiger partial charge in [0.2, 0.25) is 0 Å². The van der Waals surface area contributed by atoms with Gasteiger partial charge in [0.1, 0.15) is 34.4 Å². The summed E-state index contributed by atoms with van der Waals surface area (Å²) in [6, 6.07) is 23.2. The van der Waals surface area contributed by atoms with E-state index in [-0.39, 0.29) is 0 Å². The number of para-hydroxylation sites is 3. The highest BCUT2D eigenvalue weighted by Crippen LogP contribution is 2.39. The molecule has 6 nitrogen and oxygen atoms in total. The van der Waals surface area contributed by atoms with Gasteiger partial charge in [0.05, 0.1) is 22.8 Å². The Morgan fingerprint density at radius 2 is 1.79 bits per heavy atom. The molecule has 3 heterocycles. The Hall–Kier alpha value is -3.52. The van der Waals surface area contributed by atoms with Crippen LogP contribution in [0.4, 0.5) is 5.69 Å². The van der Waals surface area contributed by atoms with Gasteiger partial charge in [0.15, 0.2) is 5.82 Å². The zero-order valence-corrected chi connectivity index (χ0v) is 23.6. The van der Waals surface area contributed by atoms with Crippen LogP contribution in [-0.2, 0) is 19.6 Å². The van der Waals surface area contributed by atoms with Gasteiger partial charge < -0.3 is 19.4 Å². The van der Waals surface area contributed by atoms with Crippen molar-refractivity contribution in [2.45, 2.75) is 32.4 Å². The number of thiocarbonyl (C=S) groups is 1. The fourth-order valence-corrected chi connectivity index (χ4v) is 5.77. The van der Waals surface area contributed by atoms with Gasteiger partial charge in [-0.15, -0.1) is 5.10 Å². The molecular weight excluding hydrogens is 551 g/mol. The molecule has 0 fully saturated rings. The van der Waals surface area contributed by atoms with Crippen LogP contribution in [-0.4, -0.2) is 26.3 Å². The number of methoxy groups -OCH3 is 1. The van der Waals surface area contributed by atoms with Crippen LogP contribution >= 0.6 is 35.4 Å². The van der Waals surface area contributed by atoms with E-state index in [2.05, 4.69) is 9.88 Å². The lowest BCUT2D eigenvalue weighted by Crippen LogP contribution is -2.15. The number of benzene rings is 3. The minimum atomic E-state index is 0.347. The predicted molar refractivity (Wildman–Crippen MR) is 161 cm³/mol. The average Bonchev–Trinajstić information content (AvgIpc) is 3.36. The number of rotatable bonds is 7. The number of hydrogen-bond donors (Lipinski definition) is 1. The predicted octanol–water partition coefficient (Wildman–Crippen LogP) is 7.82. The Balaban J connectivity index is 1.52. The SMILES string of the molecule is COc1ccccc1NC(=S)c1c(-c2ccc(Cl)c(Cl)c2)c2c3n(c(COc4ccccc4)nn13)CCCC2. The van der Waals surface area contributed by atoms with Gasteiger partial charge in [-0.25, -0.2) is 4.52 Å². The van der Waals surface area contributed by atoms with Crippen LogP contribution in [0.25, 0.3) is 16.8 Å². The molecule has 0 saturated carbocycles. The van der Waals surface area contributed by atoms with Crippen LogP contribution in [0.3, 0.4) is 0 Å². The van der Waals surface area contributed by atoms with Gasteiger partial charge in [0, 0.05) is 17.7 Å². The second kappa shape index (κ2) is 10.9. The zero-order valence-electron chi connectivity index (χ0n) is 21.3. The molecule has 2 aromatic heterocycles. The van der Waals surface area contributed by atoms with Gasteiger partial charge in [-0.2, -0.15) is 0 Å². The normalized spacial score (nSPS) is 12.8. The quantitative estimate of drug-likeness (QED) is 0.200.